The third-order valence-corrected chi connectivity index (χ3v) is 2.95. The maximum absolute atomic E-state index is 11.6. The van der Waals surface area contributed by atoms with Gasteiger partial charge in [-0.15, -0.1) is 10.2 Å². The molecule has 1 rings (SSSR count). The third-order valence-electron chi connectivity index (χ3n) is 2.20. The summed E-state index contributed by atoms with van der Waals surface area (Å²) in [6.45, 7) is 4.32. The van der Waals surface area contributed by atoms with E-state index < -0.39 is 17.9 Å². The van der Waals surface area contributed by atoms with Crippen molar-refractivity contribution in [2.75, 3.05) is 5.32 Å². The molecule has 1 aromatic rings. The van der Waals surface area contributed by atoms with Crippen molar-refractivity contribution < 1.29 is 19.5 Å². The van der Waals surface area contributed by atoms with Crippen LogP contribution >= 0.6 is 11.3 Å². The summed E-state index contributed by atoms with van der Waals surface area (Å²) in [5.74, 6) is -1.99. The molecule has 0 aliphatic heterocycles. The van der Waals surface area contributed by atoms with E-state index in [1.54, 1.807) is 6.92 Å². The number of hydrogen-bond acceptors (Lipinski definition) is 6. The van der Waals surface area contributed by atoms with E-state index in [4.69, 9.17) is 5.11 Å². The number of carbonyl (C=O) groups excluding carboxylic acids is 2. The number of anilines is 1. The first kappa shape index (κ1) is 14.8. The predicted octanol–water partition coefficient (Wildman–Crippen LogP) is 0.916. The largest absolute Gasteiger partial charge is 0.478 e. The van der Waals surface area contributed by atoms with Gasteiger partial charge in [0.05, 0.1) is 0 Å². The summed E-state index contributed by atoms with van der Waals surface area (Å²) in [5, 5.41) is 21.3. The fourth-order valence-electron chi connectivity index (χ4n) is 1.00. The number of carboxylic acid groups (broad SMARTS) is 1. The Morgan fingerprint density at radius 2 is 1.79 bits per heavy atom. The van der Waals surface area contributed by atoms with E-state index in [1.807, 2.05) is 5.32 Å². The second kappa shape index (κ2) is 6.05. The van der Waals surface area contributed by atoms with Crippen molar-refractivity contribution in [3.05, 3.63) is 16.2 Å². The number of hydrogen-bond donors (Lipinski definition) is 3. The molecule has 102 valence electrons. The lowest BCUT2D eigenvalue weighted by atomic mass is 10.1. The standard InChI is InChI=1S/C10H12N4O4S/c1-4(5(2)8(16)17)7(15)11-9(18)12-10-14-13-6(3)19-10/h1-3H3,(H,16,17)(H2,11,12,14,15,18). The molecule has 1 aromatic heterocycles. The molecule has 1 heterocycles. The molecule has 0 radical (unpaired) electrons. The highest BCUT2D eigenvalue weighted by Crippen LogP contribution is 2.13. The average molecular weight is 284 g/mol. The van der Waals surface area contributed by atoms with Gasteiger partial charge in [0, 0.05) is 11.1 Å². The first-order chi connectivity index (χ1) is 8.81. The summed E-state index contributed by atoms with van der Waals surface area (Å²) < 4.78 is 0. The molecule has 3 amide bonds. The molecule has 19 heavy (non-hydrogen) atoms. The molecule has 3 N–H and O–H groups in total. The molecule has 0 aliphatic rings. The van der Waals surface area contributed by atoms with Gasteiger partial charge in [0.1, 0.15) is 5.01 Å². The summed E-state index contributed by atoms with van der Waals surface area (Å²) in [4.78, 5) is 33.7. The number of carboxylic acids is 1. The first-order valence-electron chi connectivity index (χ1n) is 5.14. The van der Waals surface area contributed by atoms with E-state index in [2.05, 4.69) is 15.5 Å². The van der Waals surface area contributed by atoms with E-state index in [0.717, 1.165) is 11.3 Å². The van der Waals surface area contributed by atoms with Crippen molar-refractivity contribution in [3.8, 4) is 0 Å². The highest BCUT2D eigenvalue weighted by Gasteiger charge is 2.15. The van der Waals surface area contributed by atoms with Crippen LogP contribution in [0.4, 0.5) is 9.93 Å². The van der Waals surface area contributed by atoms with Crippen molar-refractivity contribution in [1.82, 2.24) is 15.5 Å². The SMILES string of the molecule is CC(C(=O)O)=C(C)C(=O)NC(=O)Nc1nnc(C)s1. The summed E-state index contributed by atoms with van der Waals surface area (Å²) in [5.41, 5.74) is -0.173. The minimum atomic E-state index is -1.21. The maximum Gasteiger partial charge on any atom is 0.331 e. The van der Waals surface area contributed by atoms with Gasteiger partial charge in [0.25, 0.3) is 5.91 Å². The van der Waals surface area contributed by atoms with Gasteiger partial charge < -0.3 is 5.11 Å². The Morgan fingerprint density at radius 1 is 1.16 bits per heavy atom. The van der Waals surface area contributed by atoms with Crippen LogP contribution in [0.1, 0.15) is 18.9 Å². The number of nitrogens with zero attached hydrogens (tertiary/aromatic N) is 2. The third kappa shape index (κ3) is 4.14. The molecule has 0 saturated heterocycles. The highest BCUT2D eigenvalue weighted by atomic mass is 32.1. The fraction of sp³-hybridized carbons (Fsp3) is 0.300. The van der Waals surface area contributed by atoms with Crippen molar-refractivity contribution >= 4 is 34.4 Å². The minimum absolute atomic E-state index is 0.0453. The number of imide groups is 1. The van der Waals surface area contributed by atoms with Gasteiger partial charge in [0.15, 0.2) is 0 Å². The Balaban J connectivity index is 2.65. The molecule has 0 unspecified atom stereocenters. The molecule has 0 saturated carbocycles. The monoisotopic (exact) mass is 284 g/mol. The number of carbonyl (C=O) groups is 3. The molecule has 8 nitrogen and oxygen atoms in total. The Labute approximate surface area is 112 Å². The average Bonchev–Trinajstić information content (AvgIpc) is 2.72. The number of nitrogens with one attached hydrogen (secondary N) is 2. The summed E-state index contributed by atoms with van der Waals surface area (Å²) in [6.07, 6.45) is 0. The quantitative estimate of drug-likeness (QED) is 0.709. The lowest BCUT2D eigenvalue weighted by Gasteiger charge is -2.05. The van der Waals surface area contributed by atoms with Crippen LogP contribution in [0.15, 0.2) is 11.1 Å². The van der Waals surface area contributed by atoms with E-state index >= 15 is 0 Å². The molecular formula is C10H12N4O4S. The number of aryl methyl sites for hydroxylation is 1. The number of aromatic nitrogens is 2. The van der Waals surface area contributed by atoms with E-state index in [0.29, 0.717) is 5.01 Å². The van der Waals surface area contributed by atoms with Crippen LogP contribution in [0.5, 0.6) is 0 Å². The number of amides is 3. The Bertz CT molecular complexity index is 564. The van der Waals surface area contributed by atoms with Crippen LogP contribution in [0.3, 0.4) is 0 Å². The fourth-order valence-corrected chi connectivity index (χ4v) is 1.59. The van der Waals surface area contributed by atoms with Gasteiger partial charge in [-0.2, -0.15) is 0 Å². The smallest absolute Gasteiger partial charge is 0.331 e. The van der Waals surface area contributed by atoms with Gasteiger partial charge in [-0.1, -0.05) is 11.3 Å². The molecule has 0 fully saturated rings. The van der Waals surface area contributed by atoms with Gasteiger partial charge in [-0.3, -0.25) is 15.4 Å². The van der Waals surface area contributed by atoms with Gasteiger partial charge in [-0.25, -0.2) is 9.59 Å². The molecule has 0 spiro atoms. The van der Waals surface area contributed by atoms with Gasteiger partial charge in [0.2, 0.25) is 5.13 Å². The molecular weight excluding hydrogens is 272 g/mol. The van der Waals surface area contributed by atoms with E-state index in [-0.39, 0.29) is 16.3 Å². The maximum atomic E-state index is 11.6. The lowest BCUT2D eigenvalue weighted by Crippen LogP contribution is -2.35. The van der Waals surface area contributed by atoms with Crippen LogP contribution in [0, 0.1) is 6.92 Å². The minimum Gasteiger partial charge on any atom is -0.478 e. The molecule has 0 atom stereocenters. The number of aliphatic carboxylic acids is 1. The second-order valence-corrected chi connectivity index (χ2v) is 4.77. The molecule has 0 bridgehead atoms. The molecule has 0 aromatic carbocycles. The highest BCUT2D eigenvalue weighted by molar-refractivity contribution is 7.15. The van der Waals surface area contributed by atoms with Gasteiger partial charge in [-0.05, 0) is 20.8 Å². The normalized spacial score (nSPS) is 11.5. The Kier molecular flexibility index (Phi) is 4.70. The first-order valence-corrected chi connectivity index (χ1v) is 5.96. The van der Waals surface area contributed by atoms with Crippen molar-refractivity contribution in [2.24, 2.45) is 0 Å². The number of rotatable bonds is 3. The Hall–Kier alpha value is -2.29. The topological polar surface area (TPSA) is 121 Å². The van der Waals surface area contributed by atoms with Crippen LogP contribution < -0.4 is 10.6 Å². The molecule has 0 aliphatic carbocycles. The lowest BCUT2D eigenvalue weighted by molar-refractivity contribution is -0.133. The zero-order valence-electron chi connectivity index (χ0n) is 10.5. The van der Waals surface area contributed by atoms with Crippen LogP contribution in [-0.2, 0) is 9.59 Å². The number of urea groups is 1. The Morgan fingerprint density at radius 3 is 2.26 bits per heavy atom. The summed E-state index contributed by atoms with van der Waals surface area (Å²) in [7, 11) is 0. The molecule has 9 heteroatoms. The summed E-state index contributed by atoms with van der Waals surface area (Å²) >= 11 is 1.15. The zero-order chi connectivity index (χ0) is 14.6. The van der Waals surface area contributed by atoms with Crippen LogP contribution in [0.25, 0.3) is 0 Å². The van der Waals surface area contributed by atoms with Crippen LogP contribution in [-0.4, -0.2) is 33.2 Å². The van der Waals surface area contributed by atoms with E-state index in [9.17, 15) is 14.4 Å². The summed E-state index contributed by atoms with van der Waals surface area (Å²) in [6, 6.07) is -0.793. The predicted molar refractivity (Wildman–Crippen MR) is 67.8 cm³/mol. The van der Waals surface area contributed by atoms with Crippen molar-refractivity contribution in [2.45, 2.75) is 20.8 Å². The van der Waals surface area contributed by atoms with E-state index in [1.165, 1.54) is 13.8 Å². The van der Waals surface area contributed by atoms with Crippen LogP contribution in [0.2, 0.25) is 0 Å². The second-order valence-electron chi connectivity index (χ2n) is 3.59. The van der Waals surface area contributed by atoms with Gasteiger partial charge >= 0.3 is 12.0 Å². The van der Waals surface area contributed by atoms with Crippen molar-refractivity contribution in [1.29, 1.82) is 0 Å². The van der Waals surface area contributed by atoms with Crippen molar-refractivity contribution in [3.63, 3.8) is 0 Å². The zero-order valence-corrected chi connectivity index (χ0v) is 11.3.